The Morgan fingerprint density at radius 2 is 1.94 bits per heavy atom. The second kappa shape index (κ2) is 9.01. The Balaban J connectivity index is 1.14. The SMILES string of the molecule is O=C(C1CC(=O)N(c2ccc(Cl)cc2)C1)N1CCN(Cc2nc(-c3cccs3)no2)CC1. The lowest BCUT2D eigenvalue weighted by molar-refractivity contribution is -0.137. The van der Waals surface area contributed by atoms with E-state index in [2.05, 4.69) is 15.0 Å². The fourth-order valence-corrected chi connectivity index (χ4v) is 4.92. The predicted molar refractivity (Wildman–Crippen MR) is 121 cm³/mol. The fraction of sp³-hybridized carbons (Fsp3) is 0.364. The van der Waals surface area contributed by atoms with Crippen molar-refractivity contribution in [3.63, 3.8) is 0 Å². The number of rotatable bonds is 5. The molecule has 0 spiro atoms. The molecule has 166 valence electrons. The summed E-state index contributed by atoms with van der Waals surface area (Å²) in [6.07, 6.45) is 0.245. The average Bonchev–Trinajstić information content (AvgIpc) is 3.55. The molecule has 2 fully saturated rings. The Kier molecular flexibility index (Phi) is 5.95. The van der Waals surface area contributed by atoms with Crippen LogP contribution in [0.4, 0.5) is 5.69 Å². The average molecular weight is 472 g/mol. The van der Waals surface area contributed by atoms with Crippen molar-refractivity contribution >= 4 is 40.4 Å². The Hall–Kier alpha value is -2.75. The lowest BCUT2D eigenvalue weighted by Crippen LogP contribution is -2.50. The molecule has 1 aromatic carbocycles. The monoisotopic (exact) mass is 471 g/mol. The van der Waals surface area contributed by atoms with Crippen LogP contribution in [0.5, 0.6) is 0 Å². The maximum atomic E-state index is 13.0. The van der Waals surface area contributed by atoms with E-state index in [1.165, 1.54) is 0 Å². The van der Waals surface area contributed by atoms with Crippen molar-refractivity contribution in [1.29, 1.82) is 0 Å². The molecule has 2 saturated heterocycles. The summed E-state index contributed by atoms with van der Waals surface area (Å²) in [4.78, 5) is 36.7. The van der Waals surface area contributed by atoms with Crippen molar-refractivity contribution in [3.05, 3.63) is 52.7 Å². The maximum Gasteiger partial charge on any atom is 0.241 e. The van der Waals surface area contributed by atoms with E-state index in [1.54, 1.807) is 28.4 Å². The molecule has 0 saturated carbocycles. The van der Waals surface area contributed by atoms with Gasteiger partial charge in [-0.15, -0.1) is 11.3 Å². The summed E-state index contributed by atoms with van der Waals surface area (Å²) in [6, 6.07) is 11.1. The van der Waals surface area contributed by atoms with Gasteiger partial charge in [-0.1, -0.05) is 22.8 Å². The molecule has 1 atom stereocenters. The van der Waals surface area contributed by atoms with Crippen LogP contribution in [0.2, 0.25) is 5.02 Å². The second-order valence-electron chi connectivity index (χ2n) is 7.97. The van der Waals surface area contributed by atoms with Gasteiger partial charge in [0.05, 0.1) is 17.3 Å². The maximum absolute atomic E-state index is 13.0. The van der Waals surface area contributed by atoms with E-state index < -0.39 is 0 Å². The molecule has 1 unspecified atom stereocenters. The van der Waals surface area contributed by atoms with Crippen LogP contribution in [-0.4, -0.2) is 64.5 Å². The number of anilines is 1. The van der Waals surface area contributed by atoms with Crippen LogP contribution in [0.25, 0.3) is 10.7 Å². The highest BCUT2D eigenvalue weighted by Gasteiger charge is 2.38. The van der Waals surface area contributed by atoms with Crippen LogP contribution in [0.3, 0.4) is 0 Å². The van der Waals surface area contributed by atoms with Gasteiger partial charge in [0.25, 0.3) is 0 Å². The van der Waals surface area contributed by atoms with Crippen LogP contribution in [0.1, 0.15) is 12.3 Å². The van der Waals surface area contributed by atoms with Gasteiger partial charge in [0, 0.05) is 49.9 Å². The zero-order valence-corrected chi connectivity index (χ0v) is 18.9. The number of amides is 2. The molecule has 32 heavy (non-hydrogen) atoms. The summed E-state index contributed by atoms with van der Waals surface area (Å²) >= 11 is 7.52. The van der Waals surface area contributed by atoms with Gasteiger partial charge in [0.15, 0.2) is 0 Å². The highest BCUT2D eigenvalue weighted by Crippen LogP contribution is 2.28. The minimum Gasteiger partial charge on any atom is -0.340 e. The smallest absolute Gasteiger partial charge is 0.241 e. The van der Waals surface area contributed by atoms with Crippen LogP contribution in [-0.2, 0) is 16.1 Å². The molecular formula is C22H22ClN5O3S. The number of nitrogens with zero attached hydrogens (tertiary/aromatic N) is 5. The zero-order chi connectivity index (χ0) is 22.1. The molecule has 8 nitrogen and oxygen atoms in total. The quantitative estimate of drug-likeness (QED) is 0.568. The van der Waals surface area contributed by atoms with Gasteiger partial charge in [0.2, 0.25) is 23.5 Å². The second-order valence-corrected chi connectivity index (χ2v) is 9.36. The van der Waals surface area contributed by atoms with Crippen molar-refractivity contribution in [2.75, 3.05) is 37.6 Å². The summed E-state index contributed by atoms with van der Waals surface area (Å²) in [5.41, 5.74) is 0.779. The molecule has 10 heteroatoms. The van der Waals surface area contributed by atoms with Gasteiger partial charge >= 0.3 is 0 Å². The first-order chi connectivity index (χ1) is 15.6. The minimum atomic E-state index is -0.311. The highest BCUT2D eigenvalue weighted by molar-refractivity contribution is 7.13. The van der Waals surface area contributed by atoms with E-state index in [0.29, 0.717) is 42.9 Å². The number of hydrogen-bond donors (Lipinski definition) is 0. The molecule has 2 aromatic heterocycles. The molecule has 2 amide bonds. The molecule has 0 bridgehead atoms. The summed E-state index contributed by atoms with van der Waals surface area (Å²) < 4.78 is 5.39. The normalized spacial score (nSPS) is 19.7. The number of carbonyl (C=O) groups excluding carboxylic acids is 2. The van der Waals surface area contributed by atoms with Crippen LogP contribution >= 0.6 is 22.9 Å². The van der Waals surface area contributed by atoms with Crippen LogP contribution < -0.4 is 4.90 Å². The molecule has 4 heterocycles. The van der Waals surface area contributed by atoms with Crippen LogP contribution in [0, 0.1) is 5.92 Å². The summed E-state index contributed by atoms with van der Waals surface area (Å²) in [7, 11) is 0. The van der Waals surface area contributed by atoms with Crippen molar-refractivity contribution < 1.29 is 14.1 Å². The molecule has 5 rings (SSSR count). The van der Waals surface area contributed by atoms with E-state index in [4.69, 9.17) is 16.1 Å². The Bertz CT molecular complexity index is 1090. The van der Waals surface area contributed by atoms with Gasteiger partial charge in [-0.2, -0.15) is 4.98 Å². The van der Waals surface area contributed by atoms with Crippen molar-refractivity contribution in [1.82, 2.24) is 19.9 Å². The number of piperazine rings is 1. The molecule has 2 aliphatic heterocycles. The summed E-state index contributed by atoms with van der Waals surface area (Å²) in [5, 5.41) is 6.65. The van der Waals surface area contributed by atoms with Gasteiger partial charge in [-0.3, -0.25) is 14.5 Å². The fourth-order valence-electron chi connectivity index (χ4n) is 4.14. The third kappa shape index (κ3) is 4.41. The minimum absolute atomic E-state index is 0.0257. The van der Waals surface area contributed by atoms with E-state index in [-0.39, 0.29) is 24.2 Å². The zero-order valence-electron chi connectivity index (χ0n) is 17.3. The lowest BCUT2D eigenvalue weighted by Gasteiger charge is -2.35. The largest absolute Gasteiger partial charge is 0.340 e. The number of aromatic nitrogens is 2. The number of hydrogen-bond acceptors (Lipinski definition) is 7. The first-order valence-electron chi connectivity index (χ1n) is 10.5. The molecule has 0 aliphatic carbocycles. The Morgan fingerprint density at radius 3 is 2.66 bits per heavy atom. The third-order valence-electron chi connectivity index (χ3n) is 5.87. The number of benzene rings is 1. The van der Waals surface area contributed by atoms with E-state index >= 15 is 0 Å². The van der Waals surface area contributed by atoms with Gasteiger partial charge < -0.3 is 14.3 Å². The number of carbonyl (C=O) groups is 2. The van der Waals surface area contributed by atoms with Crippen LogP contribution in [0.15, 0.2) is 46.3 Å². The van der Waals surface area contributed by atoms with E-state index in [0.717, 1.165) is 23.7 Å². The van der Waals surface area contributed by atoms with E-state index in [9.17, 15) is 9.59 Å². The van der Waals surface area contributed by atoms with Crippen molar-refractivity contribution in [3.8, 4) is 10.7 Å². The Morgan fingerprint density at radius 1 is 1.16 bits per heavy atom. The molecule has 0 N–H and O–H groups in total. The van der Waals surface area contributed by atoms with Gasteiger partial charge in [-0.25, -0.2) is 0 Å². The first kappa shape index (κ1) is 21.1. The van der Waals surface area contributed by atoms with Gasteiger partial charge in [0.1, 0.15) is 0 Å². The number of thiophene rings is 1. The molecular weight excluding hydrogens is 450 g/mol. The topological polar surface area (TPSA) is 82.8 Å². The standard InChI is InChI=1S/C22H22ClN5O3S/c23-16-3-5-17(6-4-16)28-13-15(12-20(28)29)22(30)27-9-7-26(8-10-27)14-19-24-21(25-31-19)18-2-1-11-32-18/h1-6,11,15H,7-10,12-14H2. The predicted octanol–water partition coefficient (Wildman–Crippen LogP) is 3.15. The molecule has 3 aromatic rings. The van der Waals surface area contributed by atoms with Crippen molar-refractivity contribution in [2.24, 2.45) is 5.92 Å². The highest BCUT2D eigenvalue weighted by atomic mass is 35.5. The summed E-state index contributed by atoms with van der Waals surface area (Å²) in [6.45, 7) is 3.67. The van der Waals surface area contributed by atoms with Crippen molar-refractivity contribution in [2.45, 2.75) is 13.0 Å². The molecule has 0 radical (unpaired) electrons. The van der Waals surface area contributed by atoms with E-state index in [1.807, 2.05) is 34.5 Å². The number of halogens is 1. The summed E-state index contributed by atoms with van der Waals surface area (Å²) in [5.74, 6) is 0.900. The third-order valence-corrected chi connectivity index (χ3v) is 6.98. The van der Waals surface area contributed by atoms with Gasteiger partial charge in [-0.05, 0) is 35.7 Å². The lowest BCUT2D eigenvalue weighted by atomic mass is 10.1. The Labute approximate surface area is 194 Å². The molecule has 2 aliphatic rings. The first-order valence-corrected chi connectivity index (χ1v) is 11.8.